The molecule has 1 aromatic rings. The molecule has 7 nitrogen and oxygen atoms in total. The number of carbonyl (C=O) groups is 2. The number of carboxylic acids is 2. The van der Waals surface area contributed by atoms with Crippen LogP contribution in [0.4, 0.5) is 0 Å². The lowest BCUT2D eigenvalue weighted by Gasteiger charge is -1.85. The maximum atomic E-state index is 9.64. The summed E-state index contributed by atoms with van der Waals surface area (Å²) < 4.78 is 0. The second-order valence-corrected chi connectivity index (χ2v) is 1.94. The minimum Gasteiger partial charge on any atom is -0.481 e. The average molecular weight is 187 g/mol. The SMILES string of the molecule is O=C(O)CCC(=O)O.c1cn[nH]n1. The third-order valence-electron chi connectivity index (χ3n) is 0.884. The van der Waals surface area contributed by atoms with E-state index in [4.69, 9.17) is 10.2 Å². The van der Waals surface area contributed by atoms with E-state index < -0.39 is 11.9 Å². The van der Waals surface area contributed by atoms with Crippen molar-refractivity contribution in [3.63, 3.8) is 0 Å². The lowest BCUT2D eigenvalue weighted by molar-refractivity contribution is -0.143. The molecule has 0 spiro atoms. The quantitative estimate of drug-likeness (QED) is 0.600. The largest absolute Gasteiger partial charge is 0.481 e. The molecule has 0 fully saturated rings. The molecule has 0 unspecified atom stereocenters. The van der Waals surface area contributed by atoms with Crippen molar-refractivity contribution in [2.24, 2.45) is 0 Å². The normalized spacial score (nSPS) is 8.31. The monoisotopic (exact) mass is 187 g/mol. The molecule has 1 rings (SSSR count). The second kappa shape index (κ2) is 6.77. The fourth-order valence-corrected chi connectivity index (χ4v) is 0.381. The van der Waals surface area contributed by atoms with E-state index in [1.54, 1.807) is 12.4 Å². The molecular formula is C6H9N3O4. The van der Waals surface area contributed by atoms with E-state index in [0.717, 1.165) is 0 Å². The summed E-state index contributed by atoms with van der Waals surface area (Å²) in [4.78, 5) is 19.3. The molecule has 0 aliphatic heterocycles. The summed E-state index contributed by atoms with van der Waals surface area (Å²) in [5, 5.41) is 25.1. The predicted molar refractivity (Wildman–Crippen MR) is 40.9 cm³/mol. The molecule has 0 atom stereocenters. The number of carboxylic acid groups (broad SMARTS) is 2. The molecule has 0 amide bonds. The fourth-order valence-electron chi connectivity index (χ4n) is 0.381. The highest BCUT2D eigenvalue weighted by Crippen LogP contribution is 1.86. The lowest BCUT2D eigenvalue weighted by atomic mass is 10.3. The van der Waals surface area contributed by atoms with Gasteiger partial charge in [-0.2, -0.15) is 15.4 Å². The fraction of sp³-hybridized carbons (Fsp3) is 0.333. The van der Waals surface area contributed by atoms with Gasteiger partial charge < -0.3 is 10.2 Å². The summed E-state index contributed by atoms with van der Waals surface area (Å²) in [6, 6.07) is 0. The average Bonchev–Trinajstić information content (AvgIpc) is 2.57. The molecule has 3 N–H and O–H groups in total. The van der Waals surface area contributed by atoms with Crippen LogP contribution in [0.15, 0.2) is 12.4 Å². The van der Waals surface area contributed by atoms with E-state index in [0.29, 0.717) is 0 Å². The maximum Gasteiger partial charge on any atom is 0.303 e. The van der Waals surface area contributed by atoms with Gasteiger partial charge in [0.15, 0.2) is 0 Å². The Morgan fingerprint density at radius 2 is 1.46 bits per heavy atom. The van der Waals surface area contributed by atoms with Gasteiger partial charge in [0.05, 0.1) is 25.2 Å². The highest BCUT2D eigenvalue weighted by Gasteiger charge is 2.00. The van der Waals surface area contributed by atoms with Crippen LogP contribution in [0.25, 0.3) is 0 Å². The van der Waals surface area contributed by atoms with Crippen molar-refractivity contribution < 1.29 is 19.8 Å². The number of hydrogen-bond acceptors (Lipinski definition) is 4. The third kappa shape index (κ3) is 10.1. The Balaban J connectivity index is 0.000000243. The van der Waals surface area contributed by atoms with Gasteiger partial charge in [-0.05, 0) is 0 Å². The lowest BCUT2D eigenvalue weighted by Crippen LogP contribution is -2.00. The molecule has 0 radical (unpaired) electrons. The molecule has 0 aromatic carbocycles. The molecule has 0 saturated heterocycles. The van der Waals surface area contributed by atoms with E-state index in [1.165, 1.54) is 0 Å². The number of aromatic amines is 1. The van der Waals surface area contributed by atoms with Gasteiger partial charge >= 0.3 is 11.9 Å². The molecule has 1 aromatic heterocycles. The standard InChI is InChI=1S/C4H6O4.C2H3N3/c5-3(6)1-2-4(7)8;1-2-4-5-3-1/h1-2H2,(H,5,6)(H,7,8);1-2H,(H,3,4,5). The Labute approximate surface area is 73.4 Å². The molecule has 72 valence electrons. The number of rotatable bonds is 3. The Hall–Kier alpha value is -1.92. The van der Waals surface area contributed by atoms with Crippen molar-refractivity contribution in [3.05, 3.63) is 12.4 Å². The summed E-state index contributed by atoms with van der Waals surface area (Å²) in [5.41, 5.74) is 0. The first-order chi connectivity index (χ1) is 6.13. The van der Waals surface area contributed by atoms with Crippen LogP contribution in [0.5, 0.6) is 0 Å². The number of H-pyrrole nitrogens is 1. The van der Waals surface area contributed by atoms with Crippen LogP contribution in [0.3, 0.4) is 0 Å². The first-order valence-corrected chi connectivity index (χ1v) is 3.36. The highest BCUT2D eigenvalue weighted by molar-refractivity contribution is 5.75. The van der Waals surface area contributed by atoms with Crippen LogP contribution in [-0.4, -0.2) is 37.6 Å². The summed E-state index contributed by atoms with van der Waals surface area (Å²) >= 11 is 0. The van der Waals surface area contributed by atoms with Gasteiger partial charge in [-0.25, -0.2) is 0 Å². The van der Waals surface area contributed by atoms with E-state index >= 15 is 0 Å². The zero-order chi connectivity index (χ0) is 10.1. The molecule has 0 bridgehead atoms. The summed E-state index contributed by atoms with van der Waals surface area (Å²) in [6.07, 6.45) is 2.57. The van der Waals surface area contributed by atoms with Crippen LogP contribution >= 0.6 is 0 Å². The van der Waals surface area contributed by atoms with Gasteiger partial charge in [0.25, 0.3) is 0 Å². The van der Waals surface area contributed by atoms with Crippen LogP contribution in [0, 0.1) is 0 Å². The molecule has 7 heteroatoms. The van der Waals surface area contributed by atoms with Crippen molar-refractivity contribution in [1.29, 1.82) is 0 Å². The third-order valence-corrected chi connectivity index (χ3v) is 0.884. The maximum absolute atomic E-state index is 9.64. The summed E-state index contributed by atoms with van der Waals surface area (Å²) in [5.74, 6) is -2.15. The zero-order valence-electron chi connectivity index (χ0n) is 6.67. The molecule has 0 aliphatic carbocycles. The summed E-state index contributed by atoms with van der Waals surface area (Å²) in [7, 11) is 0. The zero-order valence-corrected chi connectivity index (χ0v) is 6.67. The van der Waals surface area contributed by atoms with E-state index in [1.807, 2.05) is 0 Å². The van der Waals surface area contributed by atoms with Crippen molar-refractivity contribution in [2.75, 3.05) is 0 Å². The second-order valence-electron chi connectivity index (χ2n) is 1.94. The Kier molecular flexibility index (Phi) is 5.77. The van der Waals surface area contributed by atoms with Crippen molar-refractivity contribution >= 4 is 11.9 Å². The topological polar surface area (TPSA) is 116 Å². The smallest absolute Gasteiger partial charge is 0.303 e. The van der Waals surface area contributed by atoms with Crippen molar-refractivity contribution in [3.8, 4) is 0 Å². The Morgan fingerprint density at radius 1 is 1.08 bits per heavy atom. The minimum absolute atomic E-state index is 0.296. The van der Waals surface area contributed by atoms with Gasteiger partial charge in [-0.15, -0.1) is 0 Å². The highest BCUT2D eigenvalue weighted by atomic mass is 16.4. The van der Waals surface area contributed by atoms with Gasteiger partial charge in [0, 0.05) is 0 Å². The van der Waals surface area contributed by atoms with Crippen LogP contribution in [-0.2, 0) is 9.59 Å². The molecule has 0 saturated carbocycles. The summed E-state index contributed by atoms with van der Waals surface area (Å²) in [6.45, 7) is 0. The van der Waals surface area contributed by atoms with Crippen LogP contribution < -0.4 is 0 Å². The van der Waals surface area contributed by atoms with Crippen molar-refractivity contribution in [2.45, 2.75) is 12.8 Å². The first-order valence-electron chi connectivity index (χ1n) is 3.36. The number of nitrogens with one attached hydrogen (secondary N) is 1. The Bertz CT molecular complexity index is 215. The van der Waals surface area contributed by atoms with Gasteiger partial charge in [-0.3, -0.25) is 9.59 Å². The Morgan fingerprint density at radius 3 is 1.62 bits per heavy atom. The number of nitrogens with zero attached hydrogens (tertiary/aromatic N) is 2. The molecule has 0 aliphatic rings. The minimum atomic E-state index is -1.08. The van der Waals surface area contributed by atoms with E-state index in [2.05, 4.69) is 15.4 Å². The van der Waals surface area contributed by atoms with Gasteiger partial charge in [0.1, 0.15) is 0 Å². The van der Waals surface area contributed by atoms with Gasteiger partial charge in [-0.1, -0.05) is 0 Å². The van der Waals surface area contributed by atoms with E-state index in [9.17, 15) is 9.59 Å². The van der Waals surface area contributed by atoms with Crippen LogP contribution in [0.2, 0.25) is 0 Å². The molecule has 13 heavy (non-hydrogen) atoms. The van der Waals surface area contributed by atoms with Gasteiger partial charge in [0.2, 0.25) is 0 Å². The number of aliphatic carboxylic acids is 2. The molecule has 1 heterocycles. The number of aromatic nitrogens is 3. The number of hydrogen-bond donors (Lipinski definition) is 3. The predicted octanol–water partition coefficient (Wildman–Crippen LogP) is -0.260. The van der Waals surface area contributed by atoms with E-state index in [-0.39, 0.29) is 12.8 Å². The van der Waals surface area contributed by atoms with Crippen molar-refractivity contribution in [1.82, 2.24) is 15.4 Å². The first kappa shape index (κ1) is 11.1. The molecular weight excluding hydrogens is 178 g/mol. The van der Waals surface area contributed by atoms with Crippen LogP contribution in [0.1, 0.15) is 12.8 Å².